The van der Waals surface area contributed by atoms with E-state index in [0.717, 1.165) is 16.4 Å². The molecule has 138 valence electrons. The standard InChI is InChI=1S/C16H12F3NO5S/c17-16(18,19)11-2-4-12(5-3-11)26(23,24)20-7-8-25-14-9-10(15(21)22)1-6-13(14)20/h1-6,9H,7-8H2,(H,21,22). The topological polar surface area (TPSA) is 83.9 Å². The first-order chi connectivity index (χ1) is 12.1. The molecule has 0 spiro atoms. The Balaban J connectivity index is 2.00. The number of carbonyl (C=O) groups is 1. The third-order valence-electron chi connectivity index (χ3n) is 3.80. The second kappa shape index (κ2) is 6.20. The van der Waals surface area contributed by atoms with Gasteiger partial charge in [-0.2, -0.15) is 13.2 Å². The van der Waals surface area contributed by atoms with Crippen LogP contribution in [0, 0.1) is 0 Å². The number of aromatic carboxylic acids is 1. The van der Waals surface area contributed by atoms with Crippen LogP contribution in [0.3, 0.4) is 0 Å². The van der Waals surface area contributed by atoms with E-state index in [4.69, 9.17) is 9.84 Å². The van der Waals surface area contributed by atoms with Gasteiger partial charge in [-0.1, -0.05) is 0 Å². The molecule has 0 atom stereocenters. The zero-order valence-electron chi connectivity index (χ0n) is 13.0. The molecule has 0 fully saturated rings. The van der Waals surface area contributed by atoms with Crippen LogP contribution in [-0.2, 0) is 16.2 Å². The van der Waals surface area contributed by atoms with Crippen molar-refractivity contribution in [3.63, 3.8) is 0 Å². The zero-order chi connectivity index (χ0) is 19.1. The fourth-order valence-corrected chi connectivity index (χ4v) is 3.98. The smallest absolute Gasteiger partial charge is 0.416 e. The number of benzene rings is 2. The predicted octanol–water partition coefficient (Wildman–Crippen LogP) is 2.99. The highest BCUT2D eigenvalue weighted by atomic mass is 32.2. The van der Waals surface area contributed by atoms with Crippen LogP contribution in [0.2, 0.25) is 0 Å². The van der Waals surface area contributed by atoms with Crippen LogP contribution in [0.15, 0.2) is 47.4 Å². The van der Waals surface area contributed by atoms with Crippen molar-refractivity contribution in [2.45, 2.75) is 11.1 Å². The maximum atomic E-state index is 12.8. The van der Waals surface area contributed by atoms with Gasteiger partial charge in [0.1, 0.15) is 12.4 Å². The maximum Gasteiger partial charge on any atom is 0.416 e. The van der Waals surface area contributed by atoms with E-state index in [1.165, 1.54) is 18.2 Å². The molecule has 0 unspecified atom stereocenters. The van der Waals surface area contributed by atoms with Crippen LogP contribution in [0.4, 0.5) is 18.9 Å². The van der Waals surface area contributed by atoms with Crippen LogP contribution in [0.1, 0.15) is 15.9 Å². The van der Waals surface area contributed by atoms with Crippen LogP contribution in [-0.4, -0.2) is 32.6 Å². The molecule has 6 nitrogen and oxygen atoms in total. The molecule has 1 aliphatic rings. The van der Waals surface area contributed by atoms with Gasteiger partial charge >= 0.3 is 12.1 Å². The molecule has 10 heteroatoms. The van der Waals surface area contributed by atoms with Crippen molar-refractivity contribution < 1.29 is 36.2 Å². The lowest BCUT2D eigenvalue weighted by Crippen LogP contribution is -2.38. The van der Waals surface area contributed by atoms with E-state index < -0.39 is 27.7 Å². The minimum absolute atomic E-state index is 0.0179. The summed E-state index contributed by atoms with van der Waals surface area (Å²) in [7, 11) is -4.13. The summed E-state index contributed by atoms with van der Waals surface area (Å²) < 4.78 is 69.9. The minimum atomic E-state index is -4.57. The monoisotopic (exact) mass is 387 g/mol. The summed E-state index contributed by atoms with van der Waals surface area (Å²) in [5.74, 6) is -1.12. The molecule has 0 saturated heterocycles. The SMILES string of the molecule is O=C(O)c1ccc2c(c1)OCCN2S(=O)(=O)c1ccc(C(F)(F)F)cc1. The number of rotatable bonds is 3. The molecular formula is C16H12F3NO5S. The fourth-order valence-electron chi connectivity index (χ4n) is 2.52. The molecule has 26 heavy (non-hydrogen) atoms. The number of anilines is 1. The van der Waals surface area contributed by atoms with Crippen molar-refractivity contribution in [2.24, 2.45) is 0 Å². The van der Waals surface area contributed by atoms with Gasteiger partial charge < -0.3 is 9.84 Å². The molecule has 0 aliphatic carbocycles. The lowest BCUT2D eigenvalue weighted by molar-refractivity contribution is -0.137. The van der Waals surface area contributed by atoms with Crippen LogP contribution in [0.5, 0.6) is 5.75 Å². The summed E-state index contributed by atoms with van der Waals surface area (Å²) in [4.78, 5) is 10.7. The zero-order valence-corrected chi connectivity index (χ0v) is 13.8. The first kappa shape index (κ1) is 18.1. The average molecular weight is 387 g/mol. The van der Waals surface area contributed by atoms with Crippen molar-refractivity contribution in [3.8, 4) is 5.75 Å². The third kappa shape index (κ3) is 3.19. The van der Waals surface area contributed by atoms with Gasteiger partial charge in [0.2, 0.25) is 0 Å². The Labute approximate surface area is 146 Å². The second-order valence-electron chi connectivity index (χ2n) is 5.44. The van der Waals surface area contributed by atoms with Crippen molar-refractivity contribution in [1.29, 1.82) is 0 Å². The molecule has 3 rings (SSSR count). The Hall–Kier alpha value is -2.75. The quantitative estimate of drug-likeness (QED) is 0.875. The number of sulfonamides is 1. The molecule has 1 heterocycles. The number of nitrogens with zero attached hydrogens (tertiary/aromatic N) is 1. The molecule has 0 aromatic heterocycles. The average Bonchev–Trinajstić information content (AvgIpc) is 2.60. The summed E-state index contributed by atoms with van der Waals surface area (Å²) in [6, 6.07) is 6.89. The second-order valence-corrected chi connectivity index (χ2v) is 7.30. The lowest BCUT2D eigenvalue weighted by atomic mass is 10.2. The number of fused-ring (bicyclic) bond motifs is 1. The van der Waals surface area contributed by atoms with Gasteiger partial charge in [-0.05, 0) is 42.5 Å². The largest absolute Gasteiger partial charge is 0.489 e. The Morgan fingerprint density at radius 1 is 1.12 bits per heavy atom. The van der Waals surface area contributed by atoms with Crippen molar-refractivity contribution in [1.82, 2.24) is 0 Å². The lowest BCUT2D eigenvalue weighted by Gasteiger charge is -2.30. The highest BCUT2D eigenvalue weighted by Gasteiger charge is 2.33. The van der Waals surface area contributed by atoms with E-state index in [1.54, 1.807) is 0 Å². The molecule has 2 aromatic carbocycles. The molecule has 1 N–H and O–H groups in total. The van der Waals surface area contributed by atoms with Gasteiger partial charge in [0.05, 0.1) is 28.3 Å². The third-order valence-corrected chi connectivity index (χ3v) is 5.62. The Bertz CT molecular complexity index is 955. The van der Waals surface area contributed by atoms with Gasteiger partial charge in [-0.15, -0.1) is 0 Å². The van der Waals surface area contributed by atoms with Crippen molar-refractivity contribution >= 4 is 21.7 Å². The first-order valence-electron chi connectivity index (χ1n) is 7.31. The molecule has 0 saturated carbocycles. The van der Waals surface area contributed by atoms with E-state index in [9.17, 15) is 26.4 Å². The summed E-state index contributed by atoms with van der Waals surface area (Å²) in [6.45, 7) is -0.0707. The molecule has 1 aliphatic heterocycles. The molecular weight excluding hydrogens is 375 g/mol. The number of halogens is 3. The Kier molecular flexibility index (Phi) is 4.31. The van der Waals surface area contributed by atoms with Crippen molar-refractivity contribution in [3.05, 3.63) is 53.6 Å². The van der Waals surface area contributed by atoms with E-state index >= 15 is 0 Å². The number of hydrogen-bond acceptors (Lipinski definition) is 4. The summed E-state index contributed by atoms with van der Waals surface area (Å²) >= 11 is 0. The van der Waals surface area contributed by atoms with E-state index in [2.05, 4.69) is 0 Å². The fraction of sp³-hybridized carbons (Fsp3) is 0.188. The number of hydrogen-bond donors (Lipinski definition) is 1. The number of ether oxygens (including phenoxy) is 1. The van der Waals surface area contributed by atoms with Crippen molar-refractivity contribution in [2.75, 3.05) is 17.5 Å². The maximum absolute atomic E-state index is 12.8. The van der Waals surface area contributed by atoms with E-state index in [0.29, 0.717) is 12.1 Å². The molecule has 0 amide bonds. The van der Waals surface area contributed by atoms with E-state index in [1.807, 2.05) is 0 Å². The van der Waals surface area contributed by atoms with Crippen LogP contribution >= 0.6 is 0 Å². The van der Waals surface area contributed by atoms with Crippen LogP contribution < -0.4 is 9.04 Å². The van der Waals surface area contributed by atoms with Gasteiger partial charge in [0.25, 0.3) is 10.0 Å². The van der Waals surface area contributed by atoms with E-state index in [-0.39, 0.29) is 35.0 Å². The molecule has 0 bridgehead atoms. The Morgan fingerprint density at radius 3 is 2.35 bits per heavy atom. The molecule has 2 aromatic rings. The van der Waals surface area contributed by atoms with Gasteiger partial charge in [0, 0.05) is 0 Å². The summed E-state index contributed by atoms with van der Waals surface area (Å²) in [6.07, 6.45) is -4.57. The number of alkyl halides is 3. The van der Waals surface area contributed by atoms with Gasteiger partial charge in [-0.25, -0.2) is 13.2 Å². The normalized spacial score (nSPS) is 14.5. The van der Waals surface area contributed by atoms with Gasteiger partial charge in [-0.3, -0.25) is 4.31 Å². The first-order valence-corrected chi connectivity index (χ1v) is 8.75. The number of carboxylic acid groups (broad SMARTS) is 1. The number of carboxylic acids is 1. The minimum Gasteiger partial charge on any atom is -0.489 e. The molecule has 0 radical (unpaired) electrons. The highest BCUT2D eigenvalue weighted by Crippen LogP contribution is 2.37. The van der Waals surface area contributed by atoms with Gasteiger partial charge in [0.15, 0.2) is 0 Å². The van der Waals surface area contributed by atoms with Crippen LogP contribution in [0.25, 0.3) is 0 Å². The highest BCUT2D eigenvalue weighted by molar-refractivity contribution is 7.92. The summed E-state index contributed by atoms with van der Waals surface area (Å²) in [5, 5.41) is 9.00. The summed E-state index contributed by atoms with van der Waals surface area (Å²) in [5.41, 5.74) is -0.899. The Morgan fingerprint density at radius 2 is 1.77 bits per heavy atom. The predicted molar refractivity (Wildman–Crippen MR) is 84.9 cm³/mol.